The Kier molecular flexibility index (Phi) is 8.26. The van der Waals surface area contributed by atoms with Crippen LogP contribution in [0, 0.1) is 0 Å². The fraction of sp³-hybridized carbons (Fsp3) is 0.267. The van der Waals surface area contributed by atoms with E-state index in [4.69, 9.17) is 26.1 Å². The third kappa shape index (κ3) is 6.36. The molecule has 0 spiro atoms. The maximum absolute atomic E-state index is 12.4. The molecule has 0 atom stereocenters. The number of halogens is 1. The number of amides is 1. The molecule has 1 aliphatic heterocycles. The first-order valence-corrected chi connectivity index (χ1v) is 13.2. The lowest BCUT2D eigenvalue weighted by atomic mass is 9.96. The van der Waals surface area contributed by atoms with E-state index in [0.717, 1.165) is 54.9 Å². The quantitative estimate of drug-likeness (QED) is 0.254. The van der Waals surface area contributed by atoms with Crippen LogP contribution in [0.2, 0.25) is 5.02 Å². The monoisotopic (exact) mass is 530 g/mol. The summed E-state index contributed by atoms with van der Waals surface area (Å²) in [5, 5.41) is 3.46. The van der Waals surface area contributed by atoms with Gasteiger partial charge in [-0.3, -0.25) is 9.69 Å². The molecule has 2 heterocycles. The number of hydrogen-bond donors (Lipinski definition) is 2. The molecule has 196 valence electrons. The van der Waals surface area contributed by atoms with Gasteiger partial charge in [0.05, 0.1) is 18.1 Å². The summed E-state index contributed by atoms with van der Waals surface area (Å²) in [5.74, 6) is 2.50. The number of anilines is 1. The molecule has 1 saturated heterocycles. The minimum Gasteiger partial charge on any atom is -0.493 e. The number of benzene rings is 3. The highest BCUT2D eigenvalue weighted by atomic mass is 35.5. The van der Waals surface area contributed by atoms with Crippen LogP contribution in [-0.2, 0) is 4.79 Å². The minimum absolute atomic E-state index is 0.256. The van der Waals surface area contributed by atoms with E-state index >= 15 is 0 Å². The van der Waals surface area contributed by atoms with E-state index in [1.54, 1.807) is 37.5 Å². The number of carbonyl (C=O) groups is 1. The molecule has 1 fully saturated rings. The van der Waals surface area contributed by atoms with Crippen LogP contribution in [0.5, 0.6) is 11.5 Å². The van der Waals surface area contributed by atoms with E-state index in [9.17, 15) is 4.79 Å². The number of carbonyl (C=O) groups excluding carboxylic acids is 1. The van der Waals surface area contributed by atoms with Crippen LogP contribution in [0.3, 0.4) is 0 Å². The summed E-state index contributed by atoms with van der Waals surface area (Å²) in [7, 11) is 1.61. The Balaban J connectivity index is 1.12. The second-order valence-electron chi connectivity index (χ2n) is 9.31. The minimum atomic E-state index is -0.256. The average molecular weight is 531 g/mol. The molecule has 7 nitrogen and oxygen atoms in total. The van der Waals surface area contributed by atoms with Crippen molar-refractivity contribution in [3.8, 4) is 11.5 Å². The van der Waals surface area contributed by atoms with Gasteiger partial charge in [-0.05, 0) is 67.9 Å². The smallest absolute Gasteiger partial charge is 0.248 e. The van der Waals surface area contributed by atoms with E-state index in [-0.39, 0.29) is 5.91 Å². The van der Waals surface area contributed by atoms with Crippen LogP contribution in [0.25, 0.3) is 17.1 Å². The Morgan fingerprint density at radius 1 is 1.11 bits per heavy atom. The molecule has 0 bridgehead atoms. The van der Waals surface area contributed by atoms with Gasteiger partial charge in [0, 0.05) is 35.3 Å². The Labute approximate surface area is 227 Å². The molecule has 8 heteroatoms. The molecule has 4 aromatic rings. The molecule has 2 N–H and O–H groups in total. The molecule has 0 unspecified atom stereocenters. The number of ether oxygens (including phenoxy) is 2. The summed E-state index contributed by atoms with van der Waals surface area (Å²) < 4.78 is 11.5. The lowest BCUT2D eigenvalue weighted by Gasteiger charge is -2.31. The number of piperidine rings is 1. The molecular weight excluding hydrogens is 500 g/mol. The molecule has 0 saturated carbocycles. The second kappa shape index (κ2) is 12.2. The fourth-order valence-electron chi connectivity index (χ4n) is 4.71. The van der Waals surface area contributed by atoms with Crippen molar-refractivity contribution in [1.82, 2.24) is 14.9 Å². The number of hydrogen-bond acceptors (Lipinski definition) is 5. The Bertz CT molecular complexity index is 1390. The van der Waals surface area contributed by atoms with Crippen molar-refractivity contribution in [2.45, 2.75) is 18.8 Å². The number of aromatic nitrogens is 2. The summed E-state index contributed by atoms with van der Waals surface area (Å²) in [5.41, 5.74) is 3.54. The van der Waals surface area contributed by atoms with E-state index in [1.165, 1.54) is 6.08 Å². The third-order valence-corrected chi connectivity index (χ3v) is 7.14. The van der Waals surface area contributed by atoms with Gasteiger partial charge in [-0.1, -0.05) is 41.9 Å². The molecule has 3 aromatic carbocycles. The number of H-pyrrole nitrogens is 1. The van der Waals surface area contributed by atoms with Gasteiger partial charge in [-0.25, -0.2) is 4.98 Å². The molecule has 1 aliphatic rings. The average Bonchev–Trinajstić information content (AvgIpc) is 3.38. The van der Waals surface area contributed by atoms with Crippen LogP contribution < -0.4 is 14.8 Å². The maximum atomic E-state index is 12.4. The molecule has 1 aromatic heterocycles. The SMILES string of the molecule is COc1ccc(NC(=O)/C=C/c2ccccc2Cl)cc1OCCN1CCC(c2nc3ccccc3[nH]2)CC1. The van der Waals surface area contributed by atoms with Crippen molar-refractivity contribution in [2.24, 2.45) is 0 Å². The zero-order chi connectivity index (χ0) is 26.3. The highest BCUT2D eigenvalue weighted by molar-refractivity contribution is 6.32. The topological polar surface area (TPSA) is 79.5 Å². The van der Waals surface area contributed by atoms with Crippen molar-refractivity contribution < 1.29 is 14.3 Å². The number of fused-ring (bicyclic) bond motifs is 1. The highest BCUT2D eigenvalue weighted by Crippen LogP contribution is 2.31. The second-order valence-corrected chi connectivity index (χ2v) is 9.72. The van der Waals surface area contributed by atoms with Crippen molar-refractivity contribution in [3.05, 3.63) is 89.2 Å². The van der Waals surface area contributed by atoms with Crippen LogP contribution in [0.15, 0.2) is 72.8 Å². The first kappa shape index (κ1) is 25.8. The van der Waals surface area contributed by atoms with Gasteiger partial charge < -0.3 is 19.8 Å². The van der Waals surface area contributed by atoms with Crippen LogP contribution in [0.4, 0.5) is 5.69 Å². The predicted octanol–water partition coefficient (Wildman–Crippen LogP) is 6.14. The van der Waals surface area contributed by atoms with E-state index in [1.807, 2.05) is 36.4 Å². The van der Waals surface area contributed by atoms with Gasteiger partial charge >= 0.3 is 0 Å². The van der Waals surface area contributed by atoms with Crippen molar-refractivity contribution >= 4 is 40.3 Å². The number of imidazole rings is 1. The normalized spacial score (nSPS) is 14.7. The standard InChI is InChI=1S/C30H31ClN4O3/c1-37-27-12-11-23(32-29(36)13-10-21-6-2-3-7-24(21)31)20-28(27)38-19-18-35-16-14-22(15-17-35)30-33-25-8-4-5-9-26(25)34-30/h2-13,20,22H,14-19H2,1H3,(H,32,36)(H,33,34)/b13-10+. The number of aromatic amines is 1. The molecule has 0 aliphatic carbocycles. The van der Waals surface area contributed by atoms with Gasteiger partial charge in [0.1, 0.15) is 12.4 Å². The Morgan fingerprint density at radius 3 is 2.68 bits per heavy atom. The zero-order valence-corrected chi connectivity index (χ0v) is 22.1. The summed E-state index contributed by atoms with van der Waals surface area (Å²) in [6.07, 6.45) is 5.27. The molecule has 38 heavy (non-hydrogen) atoms. The number of nitrogens with one attached hydrogen (secondary N) is 2. The molecule has 5 rings (SSSR count). The maximum Gasteiger partial charge on any atom is 0.248 e. The first-order chi connectivity index (χ1) is 18.6. The molecule has 1 amide bonds. The van der Waals surface area contributed by atoms with E-state index in [2.05, 4.69) is 21.3 Å². The first-order valence-electron chi connectivity index (χ1n) is 12.8. The predicted molar refractivity (Wildman–Crippen MR) is 152 cm³/mol. The van der Waals surface area contributed by atoms with Crippen LogP contribution in [-0.4, -0.2) is 54.1 Å². The number of nitrogens with zero attached hydrogens (tertiary/aromatic N) is 2. The number of para-hydroxylation sites is 2. The molecular formula is C30H31ClN4O3. The van der Waals surface area contributed by atoms with Crippen LogP contribution >= 0.6 is 11.6 Å². The summed E-state index contributed by atoms with van der Waals surface area (Å²) in [6, 6.07) is 20.9. The zero-order valence-electron chi connectivity index (χ0n) is 21.3. The van der Waals surface area contributed by atoms with Crippen molar-refractivity contribution in [3.63, 3.8) is 0 Å². The Morgan fingerprint density at radius 2 is 1.89 bits per heavy atom. The summed E-state index contributed by atoms with van der Waals surface area (Å²) in [6.45, 7) is 3.33. The van der Waals surface area contributed by atoms with Crippen molar-refractivity contribution in [1.29, 1.82) is 0 Å². The Hall–Kier alpha value is -3.81. The lowest BCUT2D eigenvalue weighted by molar-refractivity contribution is -0.111. The third-order valence-electron chi connectivity index (χ3n) is 6.80. The van der Waals surface area contributed by atoms with Gasteiger partial charge in [-0.2, -0.15) is 0 Å². The van der Waals surface area contributed by atoms with Gasteiger partial charge in [0.25, 0.3) is 0 Å². The van der Waals surface area contributed by atoms with E-state index in [0.29, 0.717) is 34.7 Å². The summed E-state index contributed by atoms with van der Waals surface area (Å²) in [4.78, 5) is 23.1. The highest BCUT2D eigenvalue weighted by Gasteiger charge is 2.23. The fourth-order valence-corrected chi connectivity index (χ4v) is 4.91. The van der Waals surface area contributed by atoms with Gasteiger partial charge in [0.2, 0.25) is 5.91 Å². The lowest BCUT2D eigenvalue weighted by Crippen LogP contribution is -2.36. The number of likely N-dealkylation sites (tertiary alicyclic amines) is 1. The van der Waals surface area contributed by atoms with Gasteiger partial charge in [0.15, 0.2) is 11.5 Å². The van der Waals surface area contributed by atoms with Crippen molar-refractivity contribution in [2.75, 3.05) is 38.7 Å². The van der Waals surface area contributed by atoms with Crippen LogP contribution in [0.1, 0.15) is 30.1 Å². The van der Waals surface area contributed by atoms with Gasteiger partial charge in [-0.15, -0.1) is 0 Å². The summed E-state index contributed by atoms with van der Waals surface area (Å²) >= 11 is 6.16. The molecule has 0 radical (unpaired) electrons. The largest absolute Gasteiger partial charge is 0.493 e. The number of methoxy groups -OCH3 is 1. The number of rotatable bonds is 9. The van der Waals surface area contributed by atoms with E-state index < -0.39 is 0 Å².